The number of benzene rings is 1. The lowest BCUT2D eigenvalue weighted by Crippen LogP contribution is -2.26. The summed E-state index contributed by atoms with van der Waals surface area (Å²) in [4.78, 5) is 2.11. The number of halogens is 2. The summed E-state index contributed by atoms with van der Waals surface area (Å²) >= 11 is 0. The molecule has 0 aliphatic carbocycles. The number of likely N-dealkylation sites (N-methyl/N-ethyl adjacent to an activating group) is 1. The van der Waals surface area contributed by atoms with Gasteiger partial charge in [-0.2, -0.15) is 0 Å². The van der Waals surface area contributed by atoms with Gasteiger partial charge in [-0.25, -0.2) is 0 Å². The first kappa shape index (κ1) is 17.1. The molecule has 0 spiro atoms. The zero-order valence-electron chi connectivity index (χ0n) is 9.43. The van der Waals surface area contributed by atoms with Crippen LogP contribution in [-0.4, -0.2) is 25.5 Å². The Bertz CT molecular complexity index is 277. The minimum absolute atomic E-state index is 0. The van der Waals surface area contributed by atoms with Gasteiger partial charge in [0.1, 0.15) is 0 Å². The fourth-order valence-electron chi connectivity index (χ4n) is 1.49. The third-order valence-electron chi connectivity index (χ3n) is 2.15. The van der Waals surface area contributed by atoms with Crippen LogP contribution < -0.4 is 5.73 Å². The molecule has 1 rings (SSSR count). The van der Waals surface area contributed by atoms with Crippen LogP contribution in [0, 0.1) is 6.92 Å². The average Bonchev–Trinajstić information content (AvgIpc) is 2.03. The summed E-state index contributed by atoms with van der Waals surface area (Å²) in [5.41, 5.74) is 8.58. The summed E-state index contributed by atoms with van der Waals surface area (Å²) in [6.07, 6.45) is 0. The third-order valence-corrected chi connectivity index (χ3v) is 2.15. The Morgan fingerprint density at radius 2 is 1.73 bits per heavy atom. The van der Waals surface area contributed by atoms with E-state index in [9.17, 15) is 0 Å². The summed E-state index contributed by atoms with van der Waals surface area (Å²) < 4.78 is 0. The molecule has 0 radical (unpaired) electrons. The normalized spacial score (nSPS) is 11.5. The van der Waals surface area contributed by atoms with E-state index >= 15 is 0 Å². The molecule has 2 N–H and O–H groups in total. The zero-order chi connectivity index (χ0) is 9.84. The predicted molar refractivity (Wildman–Crippen MR) is 71.2 cm³/mol. The number of hydrogen-bond acceptors (Lipinski definition) is 2. The van der Waals surface area contributed by atoms with E-state index in [2.05, 4.69) is 24.0 Å². The van der Waals surface area contributed by atoms with Crippen molar-refractivity contribution in [3.63, 3.8) is 0 Å². The van der Waals surface area contributed by atoms with E-state index in [0.29, 0.717) is 0 Å². The Kier molecular flexibility index (Phi) is 9.07. The summed E-state index contributed by atoms with van der Waals surface area (Å²) in [7, 11) is 4.08. The second-order valence-corrected chi connectivity index (χ2v) is 3.73. The number of nitrogens with zero attached hydrogens (tertiary/aromatic N) is 1. The predicted octanol–water partition coefficient (Wildman–Crippen LogP) is 2.40. The fourth-order valence-corrected chi connectivity index (χ4v) is 1.49. The van der Waals surface area contributed by atoms with Crippen LogP contribution in [0.5, 0.6) is 0 Å². The Hall–Kier alpha value is -0.280. The monoisotopic (exact) mass is 250 g/mol. The highest BCUT2D eigenvalue weighted by atomic mass is 35.5. The van der Waals surface area contributed by atoms with Gasteiger partial charge < -0.3 is 10.6 Å². The smallest absolute Gasteiger partial charge is 0.0426 e. The lowest BCUT2D eigenvalue weighted by Gasteiger charge is -2.18. The molecule has 1 atom stereocenters. The van der Waals surface area contributed by atoms with E-state index in [1.54, 1.807) is 0 Å². The van der Waals surface area contributed by atoms with Gasteiger partial charge in [-0.1, -0.05) is 24.3 Å². The molecule has 0 heterocycles. The number of aryl methyl sites for hydroxylation is 1. The Morgan fingerprint density at radius 3 is 2.20 bits per heavy atom. The van der Waals surface area contributed by atoms with Crippen LogP contribution in [0.4, 0.5) is 0 Å². The van der Waals surface area contributed by atoms with E-state index in [-0.39, 0.29) is 30.9 Å². The minimum Gasteiger partial charge on any atom is -0.323 e. The highest BCUT2D eigenvalue weighted by Crippen LogP contribution is 2.15. The van der Waals surface area contributed by atoms with Crippen LogP contribution in [0.3, 0.4) is 0 Å². The second-order valence-electron chi connectivity index (χ2n) is 3.73. The standard InChI is InChI=1S/C11H18N2.2ClH/c1-9-6-4-5-7-10(9)11(12)8-13(2)3;;/h4-7,11H,8,12H2,1-3H3;2*1H. The minimum atomic E-state index is 0. The molecule has 0 amide bonds. The van der Waals surface area contributed by atoms with Crippen molar-refractivity contribution in [1.82, 2.24) is 4.90 Å². The molecule has 4 heteroatoms. The Labute approximate surface area is 105 Å². The maximum Gasteiger partial charge on any atom is 0.0426 e. The van der Waals surface area contributed by atoms with Crippen molar-refractivity contribution in [2.24, 2.45) is 5.73 Å². The molecule has 1 aromatic rings. The van der Waals surface area contributed by atoms with Crippen molar-refractivity contribution in [1.29, 1.82) is 0 Å². The van der Waals surface area contributed by atoms with Crippen LogP contribution in [-0.2, 0) is 0 Å². The molecule has 1 aromatic carbocycles. The molecule has 0 fully saturated rings. The Morgan fingerprint density at radius 1 is 1.20 bits per heavy atom. The van der Waals surface area contributed by atoms with Crippen molar-refractivity contribution < 1.29 is 0 Å². The molecule has 0 saturated heterocycles. The van der Waals surface area contributed by atoms with Crippen LogP contribution in [0.25, 0.3) is 0 Å². The summed E-state index contributed by atoms with van der Waals surface area (Å²) in [5.74, 6) is 0. The first-order valence-electron chi connectivity index (χ1n) is 4.57. The first-order valence-corrected chi connectivity index (χ1v) is 4.57. The highest BCUT2D eigenvalue weighted by molar-refractivity contribution is 5.85. The van der Waals surface area contributed by atoms with E-state index in [4.69, 9.17) is 5.73 Å². The SMILES string of the molecule is Cc1ccccc1C(N)CN(C)C.Cl.Cl. The van der Waals surface area contributed by atoms with E-state index in [1.165, 1.54) is 11.1 Å². The molecule has 2 nitrogen and oxygen atoms in total. The molecule has 0 saturated carbocycles. The molecule has 0 aromatic heterocycles. The third kappa shape index (κ3) is 5.38. The second kappa shape index (κ2) is 7.94. The molecule has 0 bridgehead atoms. The van der Waals surface area contributed by atoms with Gasteiger partial charge in [0, 0.05) is 12.6 Å². The van der Waals surface area contributed by atoms with Crippen molar-refractivity contribution in [2.45, 2.75) is 13.0 Å². The van der Waals surface area contributed by atoms with Crippen LogP contribution in [0.1, 0.15) is 17.2 Å². The molecule has 88 valence electrons. The molecular formula is C11H20Cl2N2. The van der Waals surface area contributed by atoms with Gasteiger partial charge in [0.15, 0.2) is 0 Å². The van der Waals surface area contributed by atoms with Crippen LogP contribution in [0.2, 0.25) is 0 Å². The largest absolute Gasteiger partial charge is 0.323 e. The molecule has 15 heavy (non-hydrogen) atoms. The van der Waals surface area contributed by atoms with E-state index in [0.717, 1.165) is 6.54 Å². The van der Waals surface area contributed by atoms with Gasteiger partial charge in [0.05, 0.1) is 0 Å². The van der Waals surface area contributed by atoms with Crippen LogP contribution in [0.15, 0.2) is 24.3 Å². The van der Waals surface area contributed by atoms with Gasteiger partial charge in [-0.3, -0.25) is 0 Å². The fraction of sp³-hybridized carbons (Fsp3) is 0.455. The number of nitrogens with two attached hydrogens (primary N) is 1. The van der Waals surface area contributed by atoms with Gasteiger partial charge in [0.2, 0.25) is 0 Å². The number of rotatable bonds is 3. The molecule has 0 aliphatic rings. The van der Waals surface area contributed by atoms with E-state index in [1.807, 2.05) is 26.2 Å². The number of hydrogen-bond donors (Lipinski definition) is 1. The molecule has 1 unspecified atom stereocenters. The van der Waals surface area contributed by atoms with Gasteiger partial charge in [-0.05, 0) is 32.1 Å². The Balaban J connectivity index is 0. The maximum absolute atomic E-state index is 6.06. The van der Waals surface area contributed by atoms with Crippen molar-refractivity contribution in [2.75, 3.05) is 20.6 Å². The van der Waals surface area contributed by atoms with Crippen molar-refractivity contribution >= 4 is 24.8 Å². The van der Waals surface area contributed by atoms with E-state index < -0.39 is 0 Å². The molecule has 0 aliphatic heterocycles. The zero-order valence-corrected chi connectivity index (χ0v) is 11.1. The first-order chi connectivity index (χ1) is 6.11. The summed E-state index contributed by atoms with van der Waals surface area (Å²) in [5, 5.41) is 0. The maximum atomic E-state index is 6.06. The van der Waals surface area contributed by atoms with Gasteiger partial charge >= 0.3 is 0 Å². The van der Waals surface area contributed by atoms with Gasteiger partial charge in [0.25, 0.3) is 0 Å². The topological polar surface area (TPSA) is 29.3 Å². The van der Waals surface area contributed by atoms with Crippen molar-refractivity contribution in [3.05, 3.63) is 35.4 Å². The lowest BCUT2D eigenvalue weighted by molar-refractivity contribution is 0.376. The van der Waals surface area contributed by atoms with Gasteiger partial charge in [-0.15, -0.1) is 24.8 Å². The summed E-state index contributed by atoms with van der Waals surface area (Å²) in [6, 6.07) is 8.41. The van der Waals surface area contributed by atoms with Crippen LogP contribution >= 0.6 is 24.8 Å². The lowest BCUT2D eigenvalue weighted by atomic mass is 10.0. The van der Waals surface area contributed by atoms with Crippen molar-refractivity contribution in [3.8, 4) is 0 Å². The average molecular weight is 251 g/mol. The summed E-state index contributed by atoms with van der Waals surface area (Å²) in [6.45, 7) is 3.00. The molecular weight excluding hydrogens is 231 g/mol. The highest BCUT2D eigenvalue weighted by Gasteiger charge is 2.08. The quantitative estimate of drug-likeness (QED) is 0.893.